The van der Waals surface area contributed by atoms with Crippen molar-refractivity contribution in [2.75, 3.05) is 0 Å². The van der Waals surface area contributed by atoms with E-state index in [-0.39, 0.29) is 0 Å². The summed E-state index contributed by atoms with van der Waals surface area (Å²) in [5, 5.41) is 9.44. The van der Waals surface area contributed by atoms with Gasteiger partial charge in [0.2, 0.25) is 0 Å². The third-order valence-electron chi connectivity index (χ3n) is 4.89. The molecule has 0 aromatic heterocycles. The maximum Gasteiger partial charge on any atom is 0.115 e. The zero-order valence-electron chi connectivity index (χ0n) is 16.5. The number of allylic oxidation sites excluding steroid dienone is 2. The number of hydrogen-bond acceptors (Lipinski definition) is 1. The largest absolute Gasteiger partial charge is 0.508 e. The number of unbranched alkanes of at least 4 members (excludes halogenated alkanes) is 12. The minimum absolute atomic E-state index is 0.391. The van der Waals surface area contributed by atoms with Crippen LogP contribution in [-0.4, -0.2) is 5.11 Å². The van der Waals surface area contributed by atoms with Crippen molar-refractivity contribution >= 4 is 0 Å². The van der Waals surface area contributed by atoms with E-state index in [2.05, 4.69) is 25.1 Å². The molecule has 0 radical (unpaired) electrons. The second-order valence-electron chi connectivity index (χ2n) is 7.36. The molecule has 25 heavy (non-hydrogen) atoms. The monoisotopic (exact) mass is 344 g/mol. The van der Waals surface area contributed by atoms with Gasteiger partial charge in [0.1, 0.15) is 5.75 Å². The highest BCUT2D eigenvalue weighted by Gasteiger charge is 1.96. The van der Waals surface area contributed by atoms with E-state index in [1.165, 1.54) is 95.5 Å². The fourth-order valence-corrected chi connectivity index (χ4v) is 3.29. The number of hydrogen-bond donors (Lipinski definition) is 1. The molecule has 1 aromatic carbocycles. The third kappa shape index (κ3) is 13.7. The molecule has 0 spiro atoms. The topological polar surface area (TPSA) is 20.2 Å². The second kappa shape index (κ2) is 16.2. The van der Waals surface area contributed by atoms with E-state index in [1.54, 1.807) is 6.07 Å². The molecule has 0 fully saturated rings. The van der Waals surface area contributed by atoms with E-state index < -0.39 is 0 Å². The number of phenols is 1. The number of aromatic hydroxyl groups is 1. The maximum absolute atomic E-state index is 9.44. The summed E-state index contributed by atoms with van der Waals surface area (Å²) in [6.07, 6.45) is 24.8. The lowest BCUT2D eigenvalue weighted by molar-refractivity contribution is 0.474. The minimum atomic E-state index is 0.391. The normalized spacial score (nSPS) is 11.4. The van der Waals surface area contributed by atoms with E-state index in [9.17, 15) is 5.11 Å². The lowest BCUT2D eigenvalue weighted by Gasteiger charge is -2.03. The van der Waals surface area contributed by atoms with Gasteiger partial charge >= 0.3 is 0 Å². The molecule has 0 amide bonds. The molecule has 1 heteroatoms. The first kappa shape index (κ1) is 21.8. The van der Waals surface area contributed by atoms with Crippen LogP contribution < -0.4 is 0 Å². The van der Waals surface area contributed by atoms with Gasteiger partial charge in [-0.05, 0) is 56.2 Å². The molecular formula is C24H40O. The fourth-order valence-electron chi connectivity index (χ4n) is 3.29. The van der Waals surface area contributed by atoms with Crippen LogP contribution >= 0.6 is 0 Å². The third-order valence-corrected chi connectivity index (χ3v) is 4.89. The highest BCUT2D eigenvalue weighted by molar-refractivity contribution is 5.27. The Morgan fingerprint density at radius 2 is 1.28 bits per heavy atom. The first-order chi connectivity index (χ1) is 12.3. The summed E-state index contributed by atoms with van der Waals surface area (Å²) in [4.78, 5) is 0. The van der Waals surface area contributed by atoms with Crippen LogP contribution in [0.25, 0.3) is 0 Å². The van der Waals surface area contributed by atoms with Crippen molar-refractivity contribution < 1.29 is 5.11 Å². The van der Waals surface area contributed by atoms with E-state index in [0.717, 1.165) is 6.42 Å². The average molecular weight is 345 g/mol. The molecule has 0 unspecified atom stereocenters. The molecule has 0 aliphatic heterocycles. The van der Waals surface area contributed by atoms with Gasteiger partial charge in [-0.15, -0.1) is 0 Å². The smallest absolute Gasteiger partial charge is 0.115 e. The predicted octanol–water partition coefficient (Wildman–Crippen LogP) is 7.97. The number of aryl methyl sites for hydroxylation is 1. The van der Waals surface area contributed by atoms with E-state index in [1.807, 2.05) is 12.1 Å². The summed E-state index contributed by atoms with van der Waals surface area (Å²) >= 11 is 0. The molecule has 1 N–H and O–H groups in total. The van der Waals surface area contributed by atoms with Gasteiger partial charge in [-0.1, -0.05) is 89.0 Å². The van der Waals surface area contributed by atoms with E-state index in [0.29, 0.717) is 5.75 Å². The van der Waals surface area contributed by atoms with Gasteiger partial charge in [0.05, 0.1) is 0 Å². The maximum atomic E-state index is 9.44. The molecule has 0 saturated carbocycles. The van der Waals surface area contributed by atoms with Gasteiger partial charge < -0.3 is 5.11 Å². The van der Waals surface area contributed by atoms with Crippen molar-refractivity contribution in [1.29, 1.82) is 0 Å². The average Bonchev–Trinajstić information content (AvgIpc) is 2.61. The molecule has 0 aliphatic rings. The highest BCUT2D eigenvalue weighted by atomic mass is 16.3. The summed E-state index contributed by atoms with van der Waals surface area (Å²) in [7, 11) is 0. The molecule has 1 aromatic rings. The Morgan fingerprint density at radius 1 is 0.720 bits per heavy atom. The van der Waals surface area contributed by atoms with Crippen LogP contribution in [0.15, 0.2) is 36.4 Å². The zero-order valence-corrected chi connectivity index (χ0v) is 16.5. The van der Waals surface area contributed by atoms with Crippen molar-refractivity contribution in [3.8, 4) is 5.75 Å². The summed E-state index contributed by atoms with van der Waals surface area (Å²) in [6, 6.07) is 7.67. The quantitative estimate of drug-likeness (QED) is 0.238. The van der Waals surface area contributed by atoms with Crippen LogP contribution in [0.5, 0.6) is 5.75 Å². The van der Waals surface area contributed by atoms with Gasteiger partial charge in [-0.2, -0.15) is 0 Å². The van der Waals surface area contributed by atoms with Crippen LogP contribution in [0.4, 0.5) is 0 Å². The van der Waals surface area contributed by atoms with Crippen LogP contribution in [0, 0.1) is 0 Å². The van der Waals surface area contributed by atoms with Crippen molar-refractivity contribution in [1.82, 2.24) is 0 Å². The second-order valence-corrected chi connectivity index (χ2v) is 7.36. The molecule has 1 nitrogen and oxygen atoms in total. The Hall–Kier alpha value is -1.24. The summed E-state index contributed by atoms with van der Waals surface area (Å²) in [6.45, 7) is 2.28. The molecule has 0 atom stereocenters. The standard InChI is InChI=1S/C24H40O/c1-2-3-4-5-6-7-8-9-10-11-12-13-14-15-16-17-19-23-20-18-21-24(25)22-23/h9-10,18,20-22,25H,2-8,11-17,19H2,1H3. The first-order valence-electron chi connectivity index (χ1n) is 10.8. The number of benzene rings is 1. The molecule has 0 aliphatic carbocycles. The van der Waals surface area contributed by atoms with Crippen molar-refractivity contribution in [2.45, 2.75) is 103 Å². The van der Waals surface area contributed by atoms with Crippen molar-refractivity contribution in [3.63, 3.8) is 0 Å². The number of rotatable bonds is 16. The summed E-state index contributed by atoms with van der Waals surface area (Å²) in [5.41, 5.74) is 1.26. The van der Waals surface area contributed by atoms with Gasteiger partial charge in [0, 0.05) is 0 Å². The molecule has 0 saturated heterocycles. The van der Waals surface area contributed by atoms with Crippen molar-refractivity contribution in [2.24, 2.45) is 0 Å². The summed E-state index contributed by atoms with van der Waals surface area (Å²) < 4.78 is 0. The van der Waals surface area contributed by atoms with Crippen LogP contribution in [0.1, 0.15) is 102 Å². The Morgan fingerprint density at radius 3 is 1.88 bits per heavy atom. The van der Waals surface area contributed by atoms with Crippen LogP contribution in [-0.2, 0) is 6.42 Å². The van der Waals surface area contributed by atoms with Crippen LogP contribution in [0.3, 0.4) is 0 Å². The lowest BCUT2D eigenvalue weighted by Crippen LogP contribution is -1.86. The van der Waals surface area contributed by atoms with Crippen LogP contribution in [0.2, 0.25) is 0 Å². The van der Waals surface area contributed by atoms with Gasteiger partial charge in [0.25, 0.3) is 0 Å². The molecule has 0 bridgehead atoms. The van der Waals surface area contributed by atoms with E-state index >= 15 is 0 Å². The molecule has 142 valence electrons. The fraction of sp³-hybridized carbons (Fsp3) is 0.667. The summed E-state index contributed by atoms with van der Waals surface area (Å²) in [5.74, 6) is 0.391. The molecule has 1 rings (SSSR count). The van der Waals surface area contributed by atoms with E-state index in [4.69, 9.17) is 0 Å². The Kier molecular flexibility index (Phi) is 14.2. The van der Waals surface area contributed by atoms with Gasteiger partial charge in [0.15, 0.2) is 0 Å². The molecular weight excluding hydrogens is 304 g/mol. The zero-order chi connectivity index (χ0) is 18.0. The van der Waals surface area contributed by atoms with Crippen molar-refractivity contribution in [3.05, 3.63) is 42.0 Å². The number of phenolic OH excluding ortho intramolecular Hbond substituents is 1. The predicted molar refractivity (Wildman–Crippen MR) is 111 cm³/mol. The lowest BCUT2D eigenvalue weighted by atomic mass is 10.0. The highest BCUT2D eigenvalue weighted by Crippen LogP contribution is 2.15. The SMILES string of the molecule is CCCCCCCCC=CCCCCCCCCc1cccc(O)c1. The van der Waals surface area contributed by atoms with Gasteiger partial charge in [-0.3, -0.25) is 0 Å². The minimum Gasteiger partial charge on any atom is -0.508 e. The first-order valence-corrected chi connectivity index (χ1v) is 10.8. The Balaban J connectivity index is 1.80. The molecule has 0 heterocycles. The Labute approximate surface area is 156 Å². The van der Waals surface area contributed by atoms with Gasteiger partial charge in [-0.25, -0.2) is 0 Å². The Bertz CT molecular complexity index is 435.